The Bertz CT molecular complexity index is 1500. The fourth-order valence-corrected chi connectivity index (χ4v) is 7.66. The second-order valence-corrected chi connectivity index (χ2v) is 11.6. The smallest absolute Gasteiger partial charge is 0.244 e. The van der Waals surface area contributed by atoms with Gasteiger partial charge in [-0.2, -0.15) is 9.52 Å². The van der Waals surface area contributed by atoms with Crippen LogP contribution in [0.1, 0.15) is 6.42 Å². The van der Waals surface area contributed by atoms with Crippen LogP contribution in [0.5, 0.6) is 0 Å². The van der Waals surface area contributed by atoms with Crippen molar-refractivity contribution in [3.8, 4) is 22.5 Å². The minimum absolute atomic E-state index is 0.0109. The summed E-state index contributed by atoms with van der Waals surface area (Å²) in [5.74, 6) is -0.0487. The van der Waals surface area contributed by atoms with Crippen LogP contribution in [0.15, 0.2) is 40.1 Å². The number of H-pyrrole nitrogens is 1. The standard InChI is InChI=1S/C19H20N8O4S3/c20-8-10-6-7-27(9-10)34(30,31)14-5-4-11(12-2-1-3-13-16(12)22-19(21)32-13)15(17(14)33(28)29)18-23-25-26-24-18/h1-5,10H,6-9,20H2,(H2,21,22)(H,28,29)(H,23,24,25,26)/p-1/t10-/m0/s1. The monoisotopic (exact) mass is 519 g/mol. The molecule has 1 aliphatic heterocycles. The molecule has 0 aliphatic carbocycles. The fourth-order valence-electron chi connectivity index (χ4n) is 4.18. The van der Waals surface area contributed by atoms with Gasteiger partial charge >= 0.3 is 0 Å². The zero-order valence-corrected chi connectivity index (χ0v) is 20.0. The number of aromatic nitrogens is 5. The van der Waals surface area contributed by atoms with E-state index in [1.807, 2.05) is 6.07 Å². The van der Waals surface area contributed by atoms with E-state index in [1.54, 1.807) is 12.1 Å². The predicted octanol–water partition coefficient (Wildman–Crippen LogP) is 0.933. The van der Waals surface area contributed by atoms with Gasteiger partial charge in [0.15, 0.2) is 5.13 Å². The molecule has 0 amide bonds. The number of rotatable bonds is 6. The summed E-state index contributed by atoms with van der Waals surface area (Å²) in [4.78, 5) is 3.59. The maximum atomic E-state index is 13.5. The number of thiazole rings is 1. The summed E-state index contributed by atoms with van der Waals surface area (Å²) in [7, 11) is -4.14. The number of nitrogen functional groups attached to an aromatic ring is 1. The highest BCUT2D eigenvalue weighted by Crippen LogP contribution is 2.42. The first-order valence-corrected chi connectivity index (χ1v) is 13.5. The predicted molar refractivity (Wildman–Crippen MR) is 126 cm³/mol. The second kappa shape index (κ2) is 8.75. The van der Waals surface area contributed by atoms with Gasteiger partial charge < -0.3 is 16.0 Å². The van der Waals surface area contributed by atoms with E-state index < -0.39 is 26.0 Å². The molecular weight excluding hydrogens is 500 g/mol. The molecule has 2 atom stereocenters. The van der Waals surface area contributed by atoms with E-state index >= 15 is 0 Å². The van der Waals surface area contributed by atoms with Crippen molar-refractivity contribution >= 4 is 47.8 Å². The Kier molecular flexibility index (Phi) is 5.91. The van der Waals surface area contributed by atoms with E-state index in [1.165, 1.54) is 27.8 Å². The first-order valence-electron chi connectivity index (χ1n) is 10.2. The molecule has 1 unspecified atom stereocenters. The third-order valence-corrected chi connectivity index (χ3v) is 9.43. The van der Waals surface area contributed by atoms with Crippen LogP contribution in [0.3, 0.4) is 0 Å². The van der Waals surface area contributed by atoms with Crippen LogP contribution in [-0.2, 0) is 21.1 Å². The lowest BCUT2D eigenvalue weighted by molar-refractivity contribution is 0.456. The molecule has 0 bridgehead atoms. The molecule has 4 aromatic rings. The number of hydrogen-bond donors (Lipinski definition) is 3. The maximum absolute atomic E-state index is 13.5. The number of anilines is 1. The number of nitrogens with one attached hydrogen (secondary N) is 1. The van der Waals surface area contributed by atoms with Crippen molar-refractivity contribution in [3.63, 3.8) is 0 Å². The normalized spacial score (nSPS) is 18.0. The van der Waals surface area contributed by atoms with Crippen LogP contribution in [0.4, 0.5) is 5.13 Å². The summed E-state index contributed by atoms with van der Waals surface area (Å²) in [6, 6.07) is 8.20. The molecule has 1 saturated heterocycles. The molecule has 0 spiro atoms. The van der Waals surface area contributed by atoms with Gasteiger partial charge in [0.25, 0.3) is 0 Å². The van der Waals surface area contributed by atoms with E-state index in [0.717, 1.165) is 4.70 Å². The summed E-state index contributed by atoms with van der Waals surface area (Å²) in [5, 5.41) is 14.1. The van der Waals surface area contributed by atoms with Gasteiger partial charge in [0.2, 0.25) is 15.8 Å². The van der Waals surface area contributed by atoms with Gasteiger partial charge in [0, 0.05) is 24.2 Å². The van der Waals surface area contributed by atoms with Crippen LogP contribution >= 0.6 is 11.3 Å². The summed E-state index contributed by atoms with van der Waals surface area (Å²) in [5.41, 5.74) is 13.1. The van der Waals surface area contributed by atoms with Gasteiger partial charge in [0.1, 0.15) is 0 Å². The Labute approximate surface area is 200 Å². The molecule has 5 rings (SSSR count). The first-order chi connectivity index (χ1) is 16.3. The Morgan fingerprint density at radius 3 is 2.76 bits per heavy atom. The van der Waals surface area contributed by atoms with Crippen molar-refractivity contribution in [2.75, 3.05) is 25.4 Å². The number of para-hydroxylation sites is 1. The highest BCUT2D eigenvalue weighted by molar-refractivity contribution is 7.90. The number of benzene rings is 2. The Balaban J connectivity index is 1.79. The molecule has 3 heterocycles. The van der Waals surface area contributed by atoms with Gasteiger partial charge in [-0.25, -0.2) is 13.4 Å². The molecule has 12 nitrogen and oxygen atoms in total. The van der Waals surface area contributed by atoms with E-state index in [2.05, 4.69) is 25.6 Å². The number of aromatic amines is 1. The molecule has 0 saturated carbocycles. The van der Waals surface area contributed by atoms with Crippen LogP contribution in [0, 0.1) is 5.92 Å². The molecule has 2 aromatic carbocycles. The van der Waals surface area contributed by atoms with Crippen molar-refractivity contribution in [1.82, 2.24) is 29.9 Å². The number of sulfonamides is 1. The van der Waals surface area contributed by atoms with Crippen LogP contribution in [0.2, 0.25) is 0 Å². The Morgan fingerprint density at radius 2 is 2.09 bits per heavy atom. The Hall–Kier alpha value is -2.82. The summed E-state index contributed by atoms with van der Waals surface area (Å²) < 4.78 is 54.2. The maximum Gasteiger partial charge on any atom is 0.244 e. The molecule has 1 fully saturated rings. The number of nitrogens with two attached hydrogens (primary N) is 2. The lowest BCUT2D eigenvalue weighted by Crippen LogP contribution is -2.31. The largest absolute Gasteiger partial charge is 0.768 e. The number of tetrazole rings is 1. The van der Waals surface area contributed by atoms with Crippen LogP contribution in [0.25, 0.3) is 32.7 Å². The molecule has 178 valence electrons. The average molecular weight is 520 g/mol. The van der Waals surface area contributed by atoms with Crippen molar-refractivity contribution in [2.24, 2.45) is 11.7 Å². The molecule has 15 heteroatoms. The van der Waals surface area contributed by atoms with Gasteiger partial charge in [-0.05, 0) is 52.9 Å². The first kappa shape index (κ1) is 22.9. The second-order valence-electron chi connectivity index (χ2n) is 7.74. The minimum Gasteiger partial charge on any atom is -0.768 e. The average Bonchev–Trinajstić information content (AvgIpc) is 3.57. The molecule has 2 aromatic heterocycles. The van der Waals surface area contributed by atoms with Crippen LogP contribution in [-0.4, -0.2) is 66.7 Å². The molecule has 34 heavy (non-hydrogen) atoms. The van der Waals surface area contributed by atoms with Crippen molar-refractivity contribution in [1.29, 1.82) is 0 Å². The quantitative estimate of drug-likeness (QED) is 0.308. The molecule has 1 aliphatic rings. The van der Waals surface area contributed by atoms with Gasteiger partial charge in [-0.15, -0.1) is 10.2 Å². The summed E-state index contributed by atoms with van der Waals surface area (Å²) >= 11 is -1.67. The van der Waals surface area contributed by atoms with Crippen molar-refractivity contribution in [3.05, 3.63) is 30.3 Å². The summed E-state index contributed by atoms with van der Waals surface area (Å²) in [6.45, 7) is 0.826. The van der Waals surface area contributed by atoms with Gasteiger partial charge in [-0.3, -0.25) is 4.21 Å². The Morgan fingerprint density at radius 1 is 1.26 bits per heavy atom. The number of nitrogens with zero attached hydrogens (tertiary/aromatic N) is 5. The van der Waals surface area contributed by atoms with E-state index in [0.29, 0.717) is 34.7 Å². The van der Waals surface area contributed by atoms with Gasteiger partial charge in [-0.1, -0.05) is 29.5 Å². The fraction of sp³-hybridized carbons (Fsp3) is 0.263. The topological polar surface area (TPSA) is 197 Å². The summed E-state index contributed by atoms with van der Waals surface area (Å²) in [6.07, 6.45) is 0.606. The van der Waals surface area contributed by atoms with E-state index in [4.69, 9.17) is 11.5 Å². The molecule has 0 radical (unpaired) electrons. The van der Waals surface area contributed by atoms with Gasteiger partial charge in [0.05, 0.1) is 20.0 Å². The zero-order chi connectivity index (χ0) is 24.0. The highest BCUT2D eigenvalue weighted by Gasteiger charge is 2.35. The molecular formula is C19H19N8O4S3-. The van der Waals surface area contributed by atoms with Crippen LogP contribution < -0.4 is 11.5 Å². The number of fused-ring (bicyclic) bond motifs is 1. The number of hydrogen-bond acceptors (Lipinski definition) is 11. The van der Waals surface area contributed by atoms with E-state index in [-0.39, 0.29) is 35.3 Å². The van der Waals surface area contributed by atoms with Crippen molar-refractivity contribution < 1.29 is 17.2 Å². The van der Waals surface area contributed by atoms with E-state index in [9.17, 15) is 17.2 Å². The highest BCUT2D eigenvalue weighted by atomic mass is 32.2. The third-order valence-electron chi connectivity index (χ3n) is 5.78. The molecule has 5 N–H and O–H groups in total. The zero-order valence-electron chi connectivity index (χ0n) is 17.5. The van der Waals surface area contributed by atoms with Crippen molar-refractivity contribution in [2.45, 2.75) is 16.2 Å². The minimum atomic E-state index is -4.14. The lowest BCUT2D eigenvalue weighted by Gasteiger charge is -2.22. The SMILES string of the molecule is NC[C@@H]1CCN(S(=O)(=O)c2ccc(-c3cccc4sc(N)nc34)c(-c3nn[nH]n3)c2S(=O)[O-])C1. The lowest BCUT2D eigenvalue weighted by atomic mass is 9.98. The third kappa shape index (κ3) is 3.79.